The number of aryl methyl sites for hydroxylation is 2. The maximum atomic E-state index is 14.1. The highest BCUT2D eigenvalue weighted by atomic mass is 16.5. The lowest BCUT2D eigenvalue weighted by Gasteiger charge is -2.39. The number of ether oxygens (including phenoxy) is 1. The molecule has 0 radical (unpaired) electrons. The second-order valence-electron chi connectivity index (χ2n) is 11.2. The molecule has 5 rings (SSSR count). The van der Waals surface area contributed by atoms with E-state index in [0.717, 1.165) is 34.4 Å². The van der Waals surface area contributed by atoms with Crippen LogP contribution in [0.3, 0.4) is 0 Å². The molecule has 0 aliphatic carbocycles. The van der Waals surface area contributed by atoms with Gasteiger partial charge in [0.05, 0.1) is 30.0 Å². The average Bonchev–Trinajstić information content (AvgIpc) is 3.38. The number of aliphatic hydroxyl groups is 1. The van der Waals surface area contributed by atoms with Crippen molar-refractivity contribution in [3.05, 3.63) is 92.1 Å². The number of aromatic nitrogens is 4. The van der Waals surface area contributed by atoms with Crippen molar-refractivity contribution in [1.82, 2.24) is 19.7 Å². The summed E-state index contributed by atoms with van der Waals surface area (Å²) in [5.74, 6) is 0.478. The van der Waals surface area contributed by atoms with E-state index in [9.17, 15) is 14.7 Å². The van der Waals surface area contributed by atoms with Crippen LogP contribution in [0.5, 0.6) is 0 Å². The highest BCUT2D eigenvalue weighted by Crippen LogP contribution is 2.32. The van der Waals surface area contributed by atoms with Gasteiger partial charge in [-0.3, -0.25) is 18.9 Å². The van der Waals surface area contributed by atoms with Crippen LogP contribution < -0.4 is 11.3 Å². The Bertz CT molecular complexity index is 1610. The van der Waals surface area contributed by atoms with Gasteiger partial charge in [-0.2, -0.15) is 0 Å². The predicted molar refractivity (Wildman–Crippen MR) is 157 cm³/mol. The fourth-order valence-corrected chi connectivity index (χ4v) is 6.10. The van der Waals surface area contributed by atoms with E-state index in [0.29, 0.717) is 49.3 Å². The Morgan fingerprint density at radius 1 is 1.02 bits per heavy atom. The van der Waals surface area contributed by atoms with Crippen molar-refractivity contribution in [2.45, 2.75) is 90.6 Å². The number of nitrogens with zero attached hydrogens (tertiary/aromatic N) is 3. The van der Waals surface area contributed by atoms with Crippen molar-refractivity contribution in [3.8, 4) is 22.5 Å². The van der Waals surface area contributed by atoms with Crippen LogP contribution in [0.4, 0.5) is 0 Å². The fraction of sp³-hybridized carbons (Fsp3) is 0.438. The summed E-state index contributed by atoms with van der Waals surface area (Å²) in [4.78, 5) is 33.2. The summed E-state index contributed by atoms with van der Waals surface area (Å²) < 4.78 is 12.3. The van der Waals surface area contributed by atoms with Gasteiger partial charge in [-0.25, -0.2) is 9.78 Å². The monoisotopic (exact) mass is 558 g/mol. The van der Waals surface area contributed by atoms with E-state index in [1.807, 2.05) is 69.3 Å². The van der Waals surface area contributed by atoms with Crippen molar-refractivity contribution < 1.29 is 14.4 Å². The van der Waals surface area contributed by atoms with Crippen LogP contribution in [0, 0.1) is 0 Å². The second-order valence-corrected chi connectivity index (χ2v) is 11.2. The average molecular weight is 559 g/mol. The molecule has 1 saturated heterocycles. The maximum absolute atomic E-state index is 14.1. The van der Waals surface area contributed by atoms with Gasteiger partial charge in [0.15, 0.2) is 5.82 Å². The zero-order valence-corrected chi connectivity index (χ0v) is 24.1. The van der Waals surface area contributed by atoms with E-state index in [2.05, 4.69) is 17.1 Å². The van der Waals surface area contributed by atoms with Crippen molar-refractivity contribution in [3.63, 3.8) is 0 Å². The molecule has 2 N–H and O–H groups in total. The van der Waals surface area contributed by atoms with Gasteiger partial charge in [0.2, 0.25) is 0 Å². The molecule has 9 heteroatoms. The van der Waals surface area contributed by atoms with Gasteiger partial charge in [0, 0.05) is 36.8 Å². The summed E-state index contributed by atoms with van der Waals surface area (Å²) in [6, 6.07) is 15.7. The number of benzene rings is 2. The molecule has 3 atom stereocenters. The zero-order valence-electron chi connectivity index (χ0n) is 24.1. The molecule has 0 saturated carbocycles. The molecular formula is C32H38N4O5. The molecule has 41 heavy (non-hydrogen) atoms. The van der Waals surface area contributed by atoms with Gasteiger partial charge in [-0.15, -0.1) is 0 Å². The van der Waals surface area contributed by atoms with Crippen molar-refractivity contribution >= 4 is 0 Å². The van der Waals surface area contributed by atoms with E-state index in [1.54, 1.807) is 4.57 Å². The number of nitrogens with one attached hydrogen (secondary N) is 1. The third kappa shape index (κ3) is 6.26. The molecule has 9 nitrogen and oxygen atoms in total. The van der Waals surface area contributed by atoms with E-state index in [1.165, 1.54) is 0 Å². The number of hydrogen-bond acceptors (Lipinski definition) is 7. The molecule has 0 amide bonds. The Kier molecular flexibility index (Phi) is 8.37. The van der Waals surface area contributed by atoms with Crippen LogP contribution in [-0.4, -0.2) is 42.6 Å². The molecule has 0 bridgehead atoms. The Morgan fingerprint density at radius 3 is 2.32 bits per heavy atom. The predicted octanol–water partition coefficient (Wildman–Crippen LogP) is 4.68. The van der Waals surface area contributed by atoms with Crippen molar-refractivity contribution in [2.24, 2.45) is 0 Å². The topological polar surface area (TPSA) is 123 Å². The van der Waals surface area contributed by atoms with Gasteiger partial charge >= 0.3 is 5.76 Å². The van der Waals surface area contributed by atoms with E-state index in [4.69, 9.17) is 14.2 Å². The summed E-state index contributed by atoms with van der Waals surface area (Å²) in [6.45, 7) is 8.22. The highest BCUT2D eigenvalue weighted by Gasteiger charge is 2.38. The van der Waals surface area contributed by atoms with Gasteiger partial charge in [0.1, 0.15) is 5.82 Å². The summed E-state index contributed by atoms with van der Waals surface area (Å²) in [5.41, 5.74) is 3.99. The lowest BCUT2D eigenvalue weighted by molar-refractivity contribution is -0.138. The Hall–Kier alpha value is -3.82. The minimum Gasteiger partial charge on any atom is -0.388 e. The van der Waals surface area contributed by atoms with Gasteiger partial charge in [-0.05, 0) is 37.0 Å². The van der Waals surface area contributed by atoms with Gasteiger partial charge in [-0.1, -0.05) is 74.0 Å². The molecule has 4 aromatic rings. The molecule has 1 aliphatic heterocycles. The molecule has 0 unspecified atom stereocenters. The molecular weight excluding hydrogens is 520 g/mol. The van der Waals surface area contributed by atoms with Gasteiger partial charge < -0.3 is 9.84 Å². The number of rotatable bonds is 9. The third-order valence-electron chi connectivity index (χ3n) is 7.75. The molecule has 2 aromatic carbocycles. The minimum absolute atomic E-state index is 0.0788. The molecule has 3 heterocycles. The molecule has 2 aromatic heterocycles. The van der Waals surface area contributed by atoms with Crippen LogP contribution in [-0.2, 0) is 30.5 Å². The smallest absolute Gasteiger partial charge is 0.388 e. The summed E-state index contributed by atoms with van der Waals surface area (Å²) >= 11 is 0. The lowest BCUT2D eigenvalue weighted by atomic mass is 9.87. The number of hydrogen-bond donors (Lipinski definition) is 2. The van der Waals surface area contributed by atoms with Crippen LogP contribution in [0.25, 0.3) is 22.5 Å². The summed E-state index contributed by atoms with van der Waals surface area (Å²) in [7, 11) is 0. The highest BCUT2D eigenvalue weighted by molar-refractivity contribution is 5.80. The third-order valence-corrected chi connectivity index (χ3v) is 7.75. The minimum atomic E-state index is -1.03. The van der Waals surface area contributed by atoms with Crippen molar-refractivity contribution in [1.29, 1.82) is 0 Å². The van der Waals surface area contributed by atoms with Crippen LogP contribution in [0.2, 0.25) is 0 Å². The quantitative estimate of drug-likeness (QED) is 0.306. The SMILES string of the molecule is CCCc1nc(CC)n(C[C@@]2(O)C[C@@H](C)O[C@@H](C)C2)c(=O)c1Cc1ccc(-c2ccccc2-c2noc(=O)[nH]2)cc1. The largest absolute Gasteiger partial charge is 0.439 e. The standard InChI is InChI=1S/C32H38N4O5/c1-5-9-27-26(30(37)36(28(6-2)33-27)19-32(39)17-20(3)40-21(4)18-32)16-22-12-14-23(15-13-22)24-10-7-8-11-25(24)29-34-31(38)41-35-29/h7-8,10-15,20-21,39H,5-6,9,16-19H2,1-4H3,(H,34,35,38)/t20-,21+,32-. The summed E-state index contributed by atoms with van der Waals surface area (Å²) in [6.07, 6.45) is 3.43. The van der Waals surface area contributed by atoms with Crippen LogP contribution >= 0.6 is 0 Å². The van der Waals surface area contributed by atoms with E-state index in [-0.39, 0.29) is 24.3 Å². The Morgan fingerprint density at radius 2 is 1.71 bits per heavy atom. The van der Waals surface area contributed by atoms with E-state index < -0.39 is 11.4 Å². The first-order valence-corrected chi connectivity index (χ1v) is 14.4. The fourth-order valence-electron chi connectivity index (χ4n) is 6.10. The van der Waals surface area contributed by atoms with Crippen LogP contribution in [0.1, 0.15) is 69.6 Å². The van der Waals surface area contributed by atoms with Crippen molar-refractivity contribution in [2.75, 3.05) is 0 Å². The second kappa shape index (κ2) is 12.0. The normalized spacial score (nSPS) is 20.8. The molecule has 216 valence electrons. The first kappa shape index (κ1) is 28.7. The first-order valence-electron chi connectivity index (χ1n) is 14.4. The first-order chi connectivity index (χ1) is 19.7. The summed E-state index contributed by atoms with van der Waals surface area (Å²) in [5, 5.41) is 15.4. The molecule has 0 spiro atoms. The Balaban J connectivity index is 1.48. The maximum Gasteiger partial charge on any atom is 0.439 e. The molecule has 1 aliphatic rings. The van der Waals surface area contributed by atoms with Crippen LogP contribution in [0.15, 0.2) is 62.6 Å². The molecule has 1 fully saturated rings. The number of aromatic amines is 1. The number of H-pyrrole nitrogens is 1. The van der Waals surface area contributed by atoms with Gasteiger partial charge in [0.25, 0.3) is 5.56 Å². The van der Waals surface area contributed by atoms with E-state index >= 15 is 0 Å². The Labute approximate surface area is 239 Å². The lowest BCUT2D eigenvalue weighted by Crippen LogP contribution is -2.48. The zero-order chi connectivity index (χ0) is 29.1.